The van der Waals surface area contributed by atoms with Crippen molar-refractivity contribution in [3.8, 4) is 0 Å². The van der Waals surface area contributed by atoms with Crippen molar-refractivity contribution in [2.24, 2.45) is 11.8 Å². The Hall–Kier alpha value is -1.17. The molecule has 1 saturated heterocycles. The van der Waals surface area contributed by atoms with Crippen LogP contribution in [0.1, 0.15) is 26.7 Å². The molecule has 0 atom stereocenters. The zero-order chi connectivity index (χ0) is 13.7. The fourth-order valence-electron chi connectivity index (χ4n) is 1.81. The Morgan fingerprint density at radius 1 is 1.33 bits per heavy atom. The van der Waals surface area contributed by atoms with Crippen LogP contribution in [0.25, 0.3) is 0 Å². The summed E-state index contributed by atoms with van der Waals surface area (Å²) in [6, 6.07) is 0. The van der Waals surface area contributed by atoms with Crippen LogP contribution >= 0.6 is 12.2 Å². The lowest BCUT2D eigenvalue weighted by Gasteiger charge is -2.32. The Balaban J connectivity index is 2.41. The summed E-state index contributed by atoms with van der Waals surface area (Å²) in [7, 11) is 1.40. The Kier molecular flexibility index (Phi) is 5.53. The van der Waals surface area contributed by atoms with Gasteiger partial charge in [-0.1, -0.05) is 13.8 Å². The van der Waals surface area contributed by atoms with Crippen LogP contribution in [0.15, 0.2) is 0 Å². The van der Waals surface area contributed by atoms with Crippen molar-refractivity contribution in [3.63, 3.8) is 0 Å². The lowest BCUT2D eigenvalue weighted by atomic mass is 9.97. The minimum Gasteiger partial charge on any atom is -0.469 e. The molecule has 102 valence electrons. The van der Waals surface area contributed by atoms with Gasteiger partial charge in [-0.3, -0.25) is 9.59 Å². The van der Waals surface area contributed by atoms with Crippen LogP contribution in [-0.4, -0.2) is 42.1 Å². The second-order valence-electron chi connectivity index (χ2n) is 4.73. The number of hydrogen-bond donors (Lipinski definition) is 1. The second-order valence-corrected chi connectivity index (χ2v) is 5.12. The van der Waals surface area contributed by atoms with Crippen molar-refractivity contribution in [3.05, 3.63) is 0 Å². The fourth-order valence-corrected chi connectivity index (χ4v) is 2.10. The summed E-state index contributed by atoms with van der Waals surface area (Å²) in [6.45, 7) is 5.00. The highest BCUT2D eigenvalue weighted by Crippen LogP contribution is 2.18. The molecular formula is C12H20N2O3S. The van der Waals surface area contributed by atoms with E-state index in [0.29, 0.717) is 31.0 Å². The van der Waals surface area contributed by atoms with Gasteiger partial charge in [-0.2, -0.15) is 0 Å². The third kappa shape index (κ3) is 3.94. The van der Waals surface area contributed by atoms with Crippen LogP contribution in [0.2, 0.25) is 0 Å². The molecule has 1 aliphatic rings. The molecule has 0 bridgehead atoms. The first kappa shape index (κ1) is 14.9. The van der Waals surface area contributed by atoms with Gasteiger partial charge in [0.25, 0.3) is 0 Å². The number of amides is 1. The molecule has 18 heavy (non-hydrogen) atoms. The van der Waals surface area contributed by atoms with E-state index in [1.807, 2.05) is 18.7 Å². The SMILES string of the molecule is COC(=O)C1CCN(C(=S)NC(=O)C(C)C)CC1. The molecule has 0 aromatic rings. The van der Waals surface area contributed by atoms with Crippen LogP contribution in [0.4, 0.5) is 0 Å². The zero-order valence-corrected chi connectivity index (χ0v) is 11.9. The Morgan fingerprint density at radius 3 is 2.33 bits per heavy atom. The Morgan fingerprint density at radius 2 is 1.89 bits per heavy atom. The summed E-state index contributed by atoms with van der Waals surface area (Å²) in [5, 5.41) is 3.16. The number of esters is 1. The van der Waals surface area contributed by atoms with Crippen molar-refractivity contribution in [2.75, 3.05) is 20.2 Å². The highest BCUT2D eigenvalue weighted by Gasteiger charge is 2.27. The van der Waals surface area contributed by atoms with Crippen molar-refractivity contribution in [1.82, 2.24) is 10.2 Å². The largest absolute Gasteiger partial charge is 0.469 e. The van der Waals surface area contributed by atoms with Gasteiger partial charge in [0.1, 0.15) is 0 Å². The normalized spacial score (nSPS) is 16.6. The summed E-state index contributed by atoms with van der Waals surface area (Å²) in [6.07, 6.45) is 1.43. The summed E-state index contributed by atoms with van der Waals surface area (Å²) in [5.41, 5.74) is 0. The predicted molar refractivity (Wildman–Crippen MR) is 71.9 cm³/mol. The molecule has 1 N–H and O–H groups in total. The summed E-state index contributed by atoms with van der Waals surface area (Å²) in [5.74, 6) is -0.368. The number of piperidine rings is 1. The third-order valence-corrected chi connectivity index (χ3v) is 3.43. The molecule has 1 fully saturated rings. The lowest BCUT2D eigenvalue weighted by Crippen LogP contribution is -2.48. The molecule has 1 aliphatic heterocycles. The maximum atomic E-state index is 11.5. The third-order valence-electron chi connectivity index (χ3n) is 3.07. The first-order chi connectivity index (χ1) is 8.45. The molecule has 1 amide bonds. The van der Waals surface area contributed by atoms with Crippen molar-refractivity contribution >= 4 is 29.2 Å². The molecule has 0 aliphatic carbocycles. The first-order valence-corrected chi connectivity index (χ1v) is 6.54. The Bertz CT molecular complexity index is 336. The number of methoxy groups -OCH3 is 1. The number of carbonyl (C=O) groups is 2. The van der Waals surface area contributed by atoms with E-state index in [0.717, 1.165) is 0 Å². The smallest absolute Gasteiger partial charge is 0.308 e. The summed E-state index contributed by atoms with van der Waals surface area (Å²) >= 11 is 5.18. The quantitative estimate of drug-likeness (QED) is 0.598. The fraction of sp³-hybridized carbons (Fsp3) is 0.750. The number of ether oxygens (including phenoxy) is 1. The minimum atomic E-state index is -0.160. The van der Waals surface area contributed by atoms with Crippen LogP contribution in [0.3, 0.4) is 0 Å². The molecule has 1 rings (SSSR count). The number of nitrogens with one attached hydrogen (secondary N) is 1. The van der Waals surface area contributed by atoms with Crippen molar-refractivity contribution < 1.29 is 14.3 Å². The maximum absolute atomic E-state index is 11.5. The van der Waals surface area contributed by atoms with E-state index < -0.39 is 0 Å². The van der Waals surface area contributed by atoms with Gasteiger partial charge < -0.3 is 15.0 Å². The molecule has 0 unspecified atom stereocenters. The second kappa shape index (κ2) is 6.68. The van der Waals surface area contributed by atoms with E-state index in [1.165, 1.54) is 7.11 Å². The molecular weight excluding hydrogens is 252 g/mol. The number of rotatable bonds is 2. The molecule has 0 aromatic heterocycles. The zero-order valence-electron chi connectivity index (χ0n) is 11.1. The van der Waals surface area contributed by atoms with Crippen molar-refractivity contribution in [2.45, 2.75) is 26.7 Å². The Labute approximate surface area is 113 Å². The van der Waals surface area contributed by atoms with Crippen molar-refractivity contribution in [1.29, 1.82) is 0 Å². The first-order valence-electron chi connectivity index (χ1n) is 6.13. The molecule has 0 aromatic carbocycles. The standard InChI is InChI=1S/C12H20N2O3S/c1-8(2)10(15)13-12(18)14-6-4-9(5-7-14)11(16)17-3/h8-9H,4-7H2,1-3H3,(H,13,15,18). The number of nitrogens with zero attached hydrogens (tertiary/aromatic N) is 1. The van der Waals surface area contributed by atoms with Gasteiger partial charge in [0.15, 0.2) is 5.11 Å². The minimum absolute atomic E-state index is 0.0464. The summed E-state index contributed by atoms with van der Waals surface area (Å²) in [4.78, 5) is 24.8. The highest BCUT2D eigenvalue weighted by molar-refractivity contribution is 7.80. The van der Waals surface area contributed by atoms with Crippen LogP contribution in [-0.2, 0) is 14.3 Å². The van der Waals surface area contributed by atoms with E-state index >= 15 is 0 Å². The van der Waals surface area contributed by atoms with E-state index in [2.05, 4.69) is 5.32 Å². The molecule has 0 radical (unpaired) electrons. The molecule has 6 heteroatoms. The lowest BCUT2D eigenvalue weighted by molar-refractivity contribution is -0.146. The van der Waals surface area contributed by atoms with E-state index in [-0.39, 0.29) is 23.7 Å². The number of hydrogen-bond acceptors (Lipinski definition) is 4. The van der Waals surface area contributed by atoms with Gasteiger partial charge in [-0.15, -0.1) is 0 Å². The highest BCUT2D eigenvalue weighted by atomic mass is 32.1. The topological polar surface area (TPSA) is 58.6 Å². The molecule has 1 heterocycles. The molecule has 0 spiro atoms. The number of carbonyl (C=O) groups excluding carboxylic acids is 2. The van der Waals surface area contributed by atoms with Gasteiger partial charge in [-0.25, -0.2) is 0 Å². The molecule has 5 nitrogen and oxygen atoms in total. The van der Waals surface area contributed by atoms with E-state index in [9.17, 15) is 9.59 Å². The van der Waals surface area contributed by atoms with E-state index in [4.69, 9.17) is 17.0 Å². The molecule has 0 saturated carbocycles. The van der Waals surface area contributed by atoms with Gasteiger partial charge in [0, 0.05) is 19.0 Å². The number of likely N-dealkylation sites (tertiary alicyclic amines) is 1. The average Bonchev–Trinajstić information content (AvgIpc) is 2.37. The summed E-state index contributed by atoms with van der Waals surface area (Å²) < 4.78 is 4.72. The van der Waals surface area contributed by atoms with Crippen LogP contribution < -0.4 is 5.32 Å². The van der Waals surface area contributed by atoms with Gasteiger partial charge in [-0.05, 0) is 25.1 Å². The van der Waals surface area contributed by atoms with Crippen LogP contribution in [0.5, 0.6) is 0 Å². The van der Waals surface area contributed by atoms with Crippen LogP contribution in [0, 0.1) is 11.8 Å². The van der Waals surface area contributed by atoms with Gasteiger partial charge in [0.05, 0.1) is 13.0 Å². The van der Waals surface area contributed by atoms with Gasteiger partial charge >= 0.3 is 5.97 Å². The van der Waals surface area contributed by atoms with Gasteiger partial charge in [0.2, 0.25) is 5.91 Å². The average molecular weight is 272 g/mol. The monoisotopic (exact) mass is 272 g/mol. The van der Waals surface area contributed by atoms with E-state index in [1.54, 1.807) is 0 Å². The number of thiocarbonyl (C=S) groups is 1. The predicted octanol–water partition coefficient (Wildman–Crippen LogP) is 0.928. The maximum Gasteiger partial charge on any atom is 0.308 e.